The van der Waals surface area contributed by atoms with Crippen molar-refractivity contribution in [2.45, 2.75) is 18.9 Å². The molecule has 0 aliphatic carbocycles. The Hall–Kier alpha value is -1.89. The molecule has 1 aromatic rings. The zero-order valence-electron chi connectivity index (χ0n) is 11.0. The fourth-order valence-electron chi connectivity index (χ4n) is 2.47. The molecule has 0 radical (unpaired) electrons. The third-order valence-corrected chi connectivity index (χ3v) is 3.37. The maximum absolute atomic E-state index is 12.4. The van der Waals surface area contributed by atoms with E-state index < -0.39 is 5.97 Å². The van der Waals surface area contributed by atoms with E-state index in [2.05, 4.69) is 5.10 Å². The predicted octanol–water partition coefficient (Wildman–Crippen LogP) is 0.369. The topological polar surface area (TPSA) is 84.7 Å². The molecule has 0 spiro atoms. The molecule has 7 nitrogen and oxygen atoms in total. The summed E-state index contributed by atoms with van der Waals surface area (Å²) in [5, 5.41) is 13.0. The van der Waals surface area contributed by atoms with E-state index in [0.29, 0.717) is 13.2 Å². The van der Waals surface area contributed by atoms with Crippen LogP contribution in [0.15, 0.2) is 6.20 Å². The molecule has 1 aliphatic rings. The van der Waals surface area contributed by atoms with E-state index >= 15 is 0 Å². The number of hydrogen-bond acceptors (Lipinski definition) is 4. The van der Waals surface area contributed by atoms with E-state index in [4.69, 9.17) is 9.84 Å². The third-order valence-electron chi connectivity index (χ3n) is 3.37. The number of nitrogens with zero attached hydrogens (tertiary/aromatic N) is 3. The molecule has 2 rings (SSSR count). The fraction of sp³-hybridized carbons (Fsp3) is 0.583. The molecule has 0 bridgehead atoms. The Labute approximate surface area is 110 Å². The number of likely N-dealkylation sites (tertiary alicyclic amines) is 1. The molecule has 1 fully saturated rings. The summed E-state index contributed by atoms with van der Waals surface area (Å²) in [6.07, 6.45) is 3.10. The number of hydrogen-bond donors (Lipinski definition) is 1. The number of rotatable bonds is 4. The molecule has 7 heteroatoms. The largest absolute Gasteiger partial charge is 0.477 e. The van der Waals surface area contributed by atoms with Crippen molar-refractivity contribution in [3.63, 3.8) is 0 Å². The lowest BCUT2D eigenvalue weighted by molar-refractivity contribution is 0.0608. The number of aryl methyl sites for hydroxylation is 1. The zero-order valence-corrected chi connectivity index (χ0v) is 11.0. The molecular formula is C12H17N3O4. The van der Waals surface area contributed by atoms with Gasteiger partial charge in [-0.05, 0) is 12.8 Å². The van der Waals surface area contributed by atoms with Crippen LogP contribution in [0, 0.1) is 0 Å². The Morgan fingerprint density at radius 1 is 1.58 bits per heavy atom. The van der Waals surface area contributed by atoms with Crippen LogP contribution in [0.2, 0.25) is 0 Å². The Balaban J connectivity index is 2.27. The highest BCUT2D eigenvalue weighted by Gasteiger charge is 2.32. The summed E-state index contributed by atoms with van der Waals surface area (Å²) in [7, 11) is 3.10. The lowest BCUT2D eigenvalue weighted by Crippen LogP contribution is -2.38. The molecule has 1 aliphatic heterocycles. The van der Waals surface area contributed by atoms with Gasteiger partial charge in [0.2, 0.25) is 0 Å². The average Bonchev–Trinajstić information content (AvgIpc) is 2.95. The molecule has 19 heavy (non-hydrogen) atoms. The second-order valence-corrected chi connectivity index (χ2v) is 4.59. The Morgan fingerprint density at radius 3 is 2.95 bits per heavy atom. The van der Waals surface area contributed by atoms with Crippen molar-refractivity contribution in [1.82, 2.24) is 14.7 Å². The van der Waals surface area contributed by atoms with Crippen LogP contribution in [0.25, 0.3) is 0 Å². The Kier molecular flexibility index (Phi) is 3.84. The number of ether oxygens (including phenoxy) is 1. The van der Waals surface area contributed by atoms with Crippen molar-refractivity contribution in [2.24, 2.45) is 7.05 Å². The van der Waals surface area contributed by atoms with Gasteiger partial charge < -0.3 is 14.7 Å². The first-order valence-electron chi connectivity index (χ1n) is 6.11. The van der Waals surface area contributed by atoms with Crippen molar-refractivity contribution >= 4 is 11.9 Å². The number of aromatic carboxylic acids is 1. The number of carboxylic acids is 1. The van der Waals surface area contributed by atoms with Crippen LogP contribution in [0.3, 0.4) is 0 Å². The molecular weight excluding hydrogens is 250 g/mol. The fourth-order valence-corrected chi connectivity index (χ4v) is 2.47. The maximum atomic E-state index is 12.4. The van der Waals surface area contributed by atoms with E-state index in [-0.39, 0.29) is 23.2 Å². The van der Waals surface area contributed by atoms with Crippen LogP contribution in [0.4, 0.5) is 0 Å². The first kappa shape index (κ1) is 13.5. The first-order valence-corrected chi connectivity index (χ1v) is 6.11. The van der Waals surface area contributed by atoms with Crippen LogP contribution < -0.4 is 0 Å². The highest BCUT2D eigenvalue weighted by molar-refractivity contribution is 6.03. The Bertz CT molecular complexity index is 497. The molecule has 1 N–H and O–H groups in total. The van der Waals surface area contributed by atoms with Gasteiger partial charge in [0, 0.05) is 20.7 Å². The molecule has 0 saturated carbocycles. The molecule has 1 amide bonds. The van der Waals surface area contributed by atoms with E-state index in [1.807, 2.05) is 0 Å². The van der Waals surface area contributed by atoms with Crippen molar-refractivity contribution in [1.29, 1.82) is 0 Å². The molecule has 1 aromatic heterocycles. The lowest BCUT2D eigenvalue weighted by atomic mass is 10.2. The summed E-state index contributed by atoms with van der Waals surface area (Å²) in [5.74, 6) is -1.43. The number of methoxy groups -OCH3 is 1. The number of carboxylic acid groups (broad SMARTS) is 1. The minimum absolute atomic E-state index is 0.0133. The maximum Gasteiger partial charge on any atom is 0.354 e. The summed E-state index contributed by atoms with van der Waals surface area (Å²) in [5.41, 5.74) is 0.0612. The second-order valence-electron chi connectivity index (χ2n) is 4.59. The van der Waals surface area contributed by atoms with E-state index in [0.717, 1.165) is 12.8 Å². The van der Waals surface area contributed by atoms with Gasteiger partial charge in [-0.25, -0.2) is 4.79 Å². The van der Waals surface area contributed by atoms with Crippen LogP contribution >= 0.6 is 0 Å². The number of carbonyl (C=O) groups excluding carboxylic acids is 1. The van der Waals surface area contributed by atoms with Crippen molar-refractivity contribution in [3.05, 3.63) is 17.5 Å². The van der Waals surface area contributed by atoms with Gasteiger partial charge in [0.15, 0.2) is 5.69 Å². The number of aromatic nitrogens is 2. The van der Waals surface area contributed by atoms with Gasteiger partial charge >= 0.3 is 5.97 Å². The SMILES string of the molecule is COCC1CCCN1C(=O)c1cnn(C)c1C(=O)O. The first-order chi connectivity index (χ1) is 9.06. The Morgan fingerprint density at radius 2 is 2.32 bits per heavy atom. The highest BCUT2D eigenvalue weighted by atomic mass is 16.5. The highest BCUT2D eigenvalue weighted by Crippen LogP contribution is 2.21. The van der Waals surface area contributed by atoms with Crippen LogP contribution in [0.1, 0.15) is 33.7 Å². The van der Waals surface area contributed by atoms with Gasteiger partial charge in [0.05, 0.1) is 24.4 Å². The second kappa shape index (κ2) is 5.40. The van der Waals surface area contributed by atoms with Gasteiger partial charge in [-0.1, -0.05) is 0 Å². The average molecular weight is 267 g/mol. The van der Waals surface area contributed by atoms with Gasteiger partial charge in [0.1, 0.15) is 0 Å². The molecule has 1 atom stereocenters. The third kappa shape index (κ3) is 2.46. The molecule has 1 unspecified atom stereocenters. The van der Waals surface area contributed by atoms with Crippen LogP contribution in [-0.2, 0) is 11.8 Å². The van der Waals surface area contributed by atoms with Crippen LogP contribution in [-0.4, -0.2) is 58.0 Å². The van der Waals surface area contributed by atoms with Crippen molar-refractivity contribution in [2.75, 3.05) is 20.3 Å². The molecule has 1 saturated heterocycles. The zero-order chi connectivity index (χ0) is 14.0. The van der Waals surface area contributed by atoms with Crippen molar-refractivity contribution in [3.8, 4) is 0 Å². The predicted molar refractivity (Wildman–Crippen MR) is 66.1 cm³/mol. The molecule has 2 heterocycles. The monoisotopic (exact) mass is 267 g/mol. The van der Waals surface area contributed by atoms with E-state index in [9.17, 15) is 9.59 Å². The lowest BCUT2D eigenvalue weighted by Gasteiger charge is -2.23. The summed E-state index contributed by atoms with van der Waals surface area (Å²) >= 11 is 0. The quantitative estimate of drug-likeness (QED) is 0.852. The summed E-state index contributed by atoms with van der Waals surface area (Å²) in [6.45, 7) is 1.09. The van der Waals surface area contributed by atoms with Crippen LogP contribution in [0.5, 0.6) is 0 Å². The van der Waals surface area contributed by atoms with Gasteiger partial charge in [-0.3, -0.25) is 9.48 Å². The van der Waals surface area contributed by atoms with Gasteiger partial charge in [-0.2, -0.15) is 5.10 Å². The number of amides is 1. The summed E-state index contributed by atoms with van der Waals surface area (Å²) in [6, 6.07) is 0.0133. The van der Waals surface area contributed by atoms with Crippen molar-refractivity contribution < 1.29 is 19.4 Å². The normalized spacial score (nSPS) is 18.8. The minimum Gasteiger partial charge on any atom is -0.477 e. The molecule has 104 valence electrons. The smallest absolute Gasteiger partial charge is 0.354 e. The summed E-state index contributed by atoms with van der Waals surface area (Å²) in [4.78, 5) is 25.3. The van der Waals surface area contributed by atoms with Gasteiger partial charge in [-0.15, -0.1) is 0 Å². The van der Waals surface area contributed by atoms with E-state index in [1.54, 1.807) is 12.0 Å². The molecule has 0 aromatic carbocycles. The minimum atomic E-state index is -1.15. The standard InChI is InChI=1S/C12H17N3O4/c1-14-10(12(17)18)9(6-13-14)11(16)15-5-3-4-8(15)7-19-2/h6,8H,3-5,7H2,1-2H3,(H,17,18). The van der Waals surface area contributed by atoms with Gasteiger partial charge in [0.25, 0.3) is 5.91 Å². The van der Waals surface area contributed by atoms with E-state index in [1.165, 1.54) is 17.9 Å². The number of carbonyl (C=O) groups is 2. The summed E-state index contributed by atoms with van der Waals surface area (Å²) < 4.78 is 6.30.